The number of rotatable bonds is 5. The van der Waals surface area contributed by atoms with Crippen molar-refractivity contribution in [1.29, 1.82) is 0 Å². The Bertz CT molecular complexity index is 490. The van der Waals surface area contributed by atoms with E-state index in [1.807, 2.05) is 19.1 Å². The number of nitrogens with one attached hydrogen (secondary N) is 2. The summed E-state index contributed by atoms with van der Waals surface area (Å²) < 4.78 is 0. The van der Waals surface area contributed by atoms with E-state index in [9.17, 15) is 4.79 Å². The van der Waals surface area contributed by atoms with Crippen molar-refractivity contribution in [2.75, 3.05) is 11.9 Å². The Balaban J connectivity index is 1.80. The molecule has 1 aliphatic rings. The molecule has 0 saturated heterocycles. The average molecular weight is 309 g/mol. The summed E-state index contributed by atoms with van der Waals surface area (Å²) in [6.07, 6.45) is 6.22. The molecule has 0 spiro atoms. The van der Waals surface area contributed by atoms with Crippen LogP contribution in [0.3, 0.4) is 0 Å². The van der Waals surface area contributed by atoms with Gasteiger partial charge in [-0.15, -0.1) is 0 Å². The van der Waals surface area contributed by atoms with E-state index in [0.29, 0.717) is 17.6 Å². The fourth-order valence-electron chi connectivity index (χ4n) is 3.01. The van der Waals surface area contributed by atoms with Crippen molar-refractivity contribution >= 4 is 23.2 Å². The molecule has 0 aliphatic heterocycles. The smallest absolute Gasteiger partial charge is 0.238 e. The second-order valence-corrected chi connectivity index (χ2v) is 6.46. The molecule has 21 heavy (non-hydrogen) atoms. The van der Waals surface area contributed by atoms with Crippen LogP contribution in [0.5, 0.6) is 0 Å². The molecule has 1 amide bonds. The lowest BCUT2D eigenvalue weighted by Crippen LogP contribution is -2.39. The predicted octanol–water partition coefficient (Wildman–Crippen LogP) is 4.15. The van der Waals surface area contributed by atoms with Crippen LogP contribution in [0.1, 0.15) is 44.6 Å². The minimum absolute atomic E-state index is 0.000936. The van der Waals surface area contributed by atoms with Crippen LogP contribution in [0.4, 0.5) is 5.69 Å². The van der Waals surface area contributed by atoms with Crippen LogP contribution in [0.15, 0.2) is 18.2 Å². The van der Waals surface area contributed by atoms with Crippen LogP contribution < -0.4 is 10.6 Å². The molecular formula is C17H25ClN2O. The Morgan fingerprint density at radius 3 is 2.95 bits per heavy atom. The van der Waals surface area contributed by atoms with Gasteiger partial charge < -0.3 is 10.6 Å². The van der Waals surface area contributed by atoms with Gasteiger partial charge in [-0.3, -0.25) is 4.79 Å². The molecule has 2 N–H and O–H groups in total. The molecule has 2 rings (SSSR count). The monoisotopic (exact) mass is 308 g/mol. The van der Waals surface area contributed by atoms with Gasteiger partial charge in [-0.25, -0.2) is 0 Å². The lowest BCUT2D eigenvalue weighted by Gasteiger charge is -2.29. The normalized spacial score (nSPS) is 22.0. The van der Waals surface area contributed by atoms with Gasteiger partial charge in [0.2, 0.25) is 5.91 Å². The van der Waals surface area contributed by atoms with Crippen molar-refractivity contribution in [2.24, 2.45) is 5.92 Å². The van der Waals surface area contributed by atoms with Gasteiger partial charge in [0.1, 0.15) is 0 Å². The van der Waals surface area contributed by atoms with E-state index >= 15 is 0 Å². The highest BCUT2D eigenvalue weighted by Gasteiger charge is 2.20. The number of aryl methyl sites for hydroxylation is 1. The minimum Gasteiger partial charge on any atom is -0.325 e. The summed E-state index contributed by atoms with van der Waals surface area (Å²) in [7, 11) is 0. The van der Waals surface area contributed by atoms with Crippen LogP contribution in [-0.2, 0) is 4.79 Å². The maximum Gasteiger partial charge on any atom is 0.238 e. The summed E-state index contributed by atoms with van der Waals surface area (Å²) in [6.45, 7) is 4.58. The van der Waals surface area contributed by atoms with Crippen molar-refractivity contribution in [3.63, 3.8) is 0 Å². The number of carbonyl (C=O) groups excluding carboxylic acids is 1. The summed E-state index contributed by atoms with van der Waals surface area (Å²) >= 11 is 5.96. The van der Waals surface area contributed by atoms with Gasteiger partial charge in [0.25, 0.3) is 0 Å². The van der Waals surface area contributed by atoms with Crippen LogP contribution in [-0.4, -0.2) is 18.5 Å². The molecule has 4 heteroatoms. The Morgan fingerprint density at radius 1 is 1.38 bits per heavy atom. The highest BCUT2D eigenvalue weighted by atomic mass is 35.5. The summed E-state index contributed by atoms with van der Waals surface area (Å²) in [6, 6.07) is 6.02. The standard InChI is InChI=1S/C17H25ClN2O/c1-3-13-5-4-6-15(9-13)19-11-17(21)20-16-10-14(18)8-7-12(16)2/h7-8,10,13,15,19H,3-6,9,11H2,1-2H3,(H,20,21). The van der Waals surface area contributed by atoms with Gasteiger partial charge >= 0.3 is 0 Å². The SMILES string of the molecule is CCC1CCCC(NCC(=O)Nc2cc(Cl)ccc2C)C1. The summed E-state index contributed by atoms with van der Waals surface area (Å²) in [5.74, 6) is 0.813. The molecule has 1 aromatic rings. The van der Waals surface area contributed by atoms with Crippen molar-refractivity contribution < 1.29 is 4.79 Å². The third kappa shape index (κ3) is 5.01. The summed E-state index contributed by atoms with van der Waals surface area (Å²) in [4.78, 5) is 12.1. The van der Waals surface area contributed by atoms with E-state index in [1.54, 1.807) is 6.07 Å². The van der Waals surface area contributed by atoms with Crippen LogP contribution in [0.2, 0.25) is 5.02 Å². The van der Waals surface area contributed by atoms with Gasteiger partial charge in [-0.1, -0.05) is 43.9 Å². The fourth-order valence-corrected chi connectivity index (χ4v) is 3.18. The maximum atomic E-state index is 12.1. The zero-order chi connectivity index (χ0) is 15.2. The number of hydrogen-bond acceptors (Lipinski definition) is 2. The zero-order valence-corrected chi connectivity index (χ0v) is 13.7. The first-order chi connectivity index (χ1) is 10.1. The van der Waals surface area contributed by atoms with Gasteiger partial charge in [0.05, 0.1) is 6.54 Å². The Kier molecular flexibility index (Phi) is 6.07. The molecule has 1 fully saturated rings. The molecule has 2 atom stereocenters. The van der Waals surface area contributed by atoms with E-state index in [0.717, 1.165) is 17.2 Å². The predicted molar refractivity (Wildman–Crippen MR) is 88.9 cm³/mol. The Hall–Kier alpha value is -1.06. The second-order valence-electron chi connectivity index (χ2n) is 6.03. The second kappa shape index (κ2) is 7.81. The number of benzene rings is 1. The topological polar surface area (TPSA) is 41.1 Å². The molecule has 1 aliphatic carbocycles. The van der Waals surface area contributed by atoms with E-state index in [-0.39, 0.29) is 5.91 Å². The van der Waals surface area contributed by atoms with Crippen molar-refractivity contribution in [3.8, 4) is 0 Å². The van der Waals surface area contributed by atoms with Crippen LogP contribution >= 0.6 is 11.6 Å². The third-order valence-electron chi connectivity index (χ3n) is 4.39. The molecule has 0 heterocycles. The van der Waals surface area contributed by atoms with Gasteiger partial charge in [-0.05, 0) is 43.4 Å². The summed E-state index contributed by atoms with van der Waals surface area (Å²) in [5, 5.41) is 6.97. The number of hydrogen-bond donors (Lipinski definition) is 2. The van der Waals surface area contributed by atoms with Gasteiger partial charge in [-0.2, -0.15) is 0 Å². The van der Waals surface area contributed by atoms with Gasteiger partial charge in [0, 0.05) is 16.8 Å². The van der Waals surface area contributed by atoms with Crippen LogP contribution in [0, 0.1) is 12.8 Å². The highest BCUT2D eigenvalue weighted by molar-refractivity contribution is 6.31. The molecule has 2 unspecified atom stereocenters. The van der Waals surface area contributed by atoms with Gasteiger partial charge in [0.15, 0.2) is 0 Å². The first-order valence-corrected chi connectivity index (χ1v) is 8.25. The fraction of sp³-hybridized carbons (Fsp3) is 0.588. The number of amides is 1. The van der Waals surface area contributed by atoms with E-state index < -0.39 is 0 Å². The first kappa shape index (κ1) is 16.3. The molecule has 0 aromatic heterocycles. The lowest BCUT2D eigenvalue weighted by atomic mass is 9.84. The zero-order valence-electron chi connectivity index (χ0n) is 12.9. The van der Waals surface area contributed by atoms with E-state index in [2.05, 4.69) is 17.6 Å². The van der Waals surface area contributed by atoms with Crippen molar-refractivity contribution in [2.45, 2.75) is 52.0 Å². The minimum atomic E-state index is -0.000936. The molecule has 0 radical (unpaired) electrons. The van der Waals surface area contributed by atoms with Crippen LogP contribution in [0.25, 0.3) is 0 Å². The quantitative estimate of drug-likeness (QED) is 0.858. The molecule has 0 bridgehead atoms. The van der Waals surface area contributed by atoms with Crippen molar-refractivity contribution in [1.82, 2.24) is 5.32 Å². The first-order valence-electron chi connectivity index (χ1n) is 7.88. The maximum absolute atomic E-state index is 12.1. The number of anilines is 1. The molecule has 1 aromatic carbocycles. The molecule has 116 valence electrons. The lowest BCUT2D eigenvalue weighted by molar-refractivity contribution is -0.115. The average Bonchev–Trinajstić information content (AvgIpc) is 2.49. The Morgan fingerprint density at radius 2 is 2.19 bits per heavy atom. The third-order valence-corrected chi connectivity index (χ3v) is 4.62. The number of carbonyl (C=O) groups is 1. The molecule has 1 saturated carbocycles. The molecular weight excluding hydrogens is 284 g/mol. The Labute approximate surface area is 132 Å². The van der Waals surface area contributed by atoms with E-state index in [1.165, 1.54) is 32.1 Å². The molecule has 3 nitrogen and oxygen atoms in total. The largest absolute Gasteiger partial charge is 0.325 e. The summed E-state index contributed by atoms with van der Waals surface area (Å²) in [5.41, 5.74) is 1.82. The number of halogens is 1. The highest BCUT2D eigenvalue weighted by Crippen LogP contribution is 2.26. The van der Waals surface area contributed by atoms with E-state index in [4.69, 9.17) is 11.6 Å². The van der Waals surface area contributed by atoms with Crippen molar-refractivity contribution in [3.05, 3.63) is 28.8 Å².